The first-order valence-corrected chi connectivity index (χ1v) is 10.9. The van der Waals surface area contributed by atoms with Crippen LogP contribution in [0.2, 0.25) is 0 Å². The van der Waals surface area contributed by atoms with E-state index in [4.69, 9.17) is 0 Å². The third kappa shape index (κ3) is 5.02. The third-order valence-corrected chi connectivity index (χ3v) is 5.79. The Hall–Kier alpha value is -3.36. The molecule has 3 aromatic rings. The molecule has 1 fully saturated rings. The smallest absolute Gasteiger partial charge is 0.258 e. The van der Waals surface area contributed by atoms with Gasteiger partial charge in [0.2, 0.25) is 5.92 Å². The molecule has 0 radical (unpaired) electrons. The van der Waals surface area contributed by atoms with Crippen LogP contribution >= 0.6 is 0 Å². The number of anilines is 1. The molecule has 0 saturated heterocycles. The fraction of sp³-hybridized carbons (Fsp3) is 0.375. The van der Waals surface area contributed by atoms with Crippen molar-refractivity contribution >= 4 is 11.6 Å². The van der Waals surface area contributed by atoms with E-state index in [1.807, 2.05) is 13.8 Å². The van der Waals surface area contributed by atoms with Gasteiger partial charge in [0.05, 0.1) is 16.9 Å². The largest absolute Gasteiger partial charge is 0.320 e. The molecule has 0 atom stereocenters. The number of carbonyl (C=O) groups excluding carboxylic acids is 1. The first kappa shape index (κ1) is 22.8. The normalized spacial score (nSPS) is 16.1. The number of carbonyl (C=O) groups is 1. The van der Waals surface area contributed by atoms with Crippen LogP contribution in [0.5, 0.6) is 0 Å². The summed E-state index contributed by atoms with van der Waals surface area (Å²) >= 11 is 0. The van der Waals surface area contributed by atoms with Gasteiger partial charge in [-0.15, -0.1) is 0 Å². The van der Waals surface area contributed by atoms with Crippen molar-refractivity contribution in [1.82, 2.24) is 19.9 Å². The fourth-order valence-corrected chi connectivity index (χ4v) is 3.95. The zero-order valence-electron chi connectivity index (χ0n) is 18.4. The van der Waals surface area contributed by atoms with Gasteiger partial charge in [-0.25, -0.2) is 23.1 Å². The van der Waals surface area contributed by atoms with Crippen LogP contribution in [0.1, 0.15) is 73.2 Å². The summed E-state index contributed by atoms with van der Waals surface area (Å²) in [6.07, 6.45) is 5.68. The van der Waals surface area contributed by atoms with Gasteiger partial charge < -0.3 is 5.32 Å². The summed E-state index contributed by atoms with van der Waals surface area (Å²) in [5, 5.41) is 2.81. The van der Waals surface area contributed by atoms with Gasteiger partial charge in [0, 0.05) is 55.0 Å². The predicted octanol–water partition coefficient (Wildman–Crippen LogP) is 5.74. The molecular formula is C24H24F3N5O. The van der Waals surface area contributed by atoms with Crippen molar-refractivity contribution in [1.29, 1.82) is 0 Å². The molecule has 1 aliphatic carbocycles. The Morgan fingerprint density at radius 2 is 1.76 bits per heavy atom. The zero-order valence-corrected chi connectivity index (χ0v) is 18.4. The monoisotopic (exact) mass is 455 g/mol. The highest BCUT2D eigenvalue weighted by Gasteiger charge is 2.37. The third-order valence-electron chi connectivity index (χ3n) is 5.79. The van der Waals surface area contributed by atoms with Gasteiger partial charge in [-0.1, -0.05) is 13.8 Å². The second kappa shape index (κ2) is 9.25. The van der Waals surface area contributed by atoms with E-state index in [2.05, 4.69) is 25.3 Å². The van der Waals surface area contributed by atoms with E-state index < -0.39 is 17.6 Å². The molecule has 3 aromatic heterocycles. The molecule has 1 N–H and O–H groups in total. The Balaban J connectivity index is 1.73. The fourth-order valence-electron chi connectivity index (χ4n) is 3.95. The van der Waals surface area contributed by atoms with Crippen LogP contribution in [0, 0.1) is 5.82 Å². The Kier molecular flexibility index (Phi) is 6.40. The first-order valence-electron chi connectivity index (χ1n) is 10.9. The van der Waals surface area contributed by atoms with Crippen LogP contribution in [0.15, 0.2) is 43.0 Å². The molecule has 9 heteroatoms. The van der Waals surface area contributed by atoms with Crippen molar-refractivity contribution in [2.45, 2.75) is 57.3 Å². The van der Waals surface area contributed by atoms with Crippen molar-refractivity contribution < 1.29 is 18.0 Å². The summed E-state index contributed by atoms with van der Waals surface area (Å²) in [7, 11) is 0. The standard InChI is InChI=1S/C24H24F3N5O/c1-14(2)22-30-12-16(13-31-22)23(33)32-21-17(20-18(25)4-3-10-28-20)7-11-29-19(21)15-5-8-24(26,27)9-6-15/h3-4,7,10-15H,5-6,8-9H2,1-2H3,(H,32,33). The lowest BCUT2D eigenvalue weighted by molar-refractivity contribution is -0.0384. The average Bonchev–Trinajstić information content (AvgIpc) is 2.80. The minimum atomic E-state index is -2.71. The van der Waals surface area contributed by atoms with Gasteiger partial charge in [0.15, 0.2) is 0 Å². The van der Waals surface area contributed by atoms with E-state index in [-0.39, 0.29) is 54.5 Å². The Morgan fingerprint density at radius 3 is 2.39 bits per heavy atom. The lowest BCUT2D eigenvalue weighted by atomic mass is 9.83. The second-order valence-electron chi connectivity index (χ2n) is 8.52. The van der Waals surface area contributed by atoms with E-state index in [1.54, 1.807) is 6.07 Å². The molecule has 0 unspecified atom stereocenters. The number of aromatic nitrogens is 4. The molecule has 1 aliphatic rings. The van der Waals surface area contributed by atoms with E-state index in [1.165, 1.54) is 36.9 Å². The van der Waals surface area contributed by atoms with E-state index in [0.717, 1.165) is 0 Å². The summed E-state index contributed by atoms with van der Waals surface area (Å²) in [6.45, 7) is 3.89. The molecule has 0 spiro atoms. The number of halogens is 3. The molecule has 1 amide bonds. The van der Waals surface area contributed by atoms with Crippen LogP contribution in [-0.2, 0) is 0 Å². The number of nitrogens with zero attached hydrogens (tertiary/aromatic N) is 4. The maximum atomic E-state index is 14.6. The number of amides is 1. The van der Waals surface area contributed by atoms with Crippen LogP contribution in [0.25, 0.3) is 11.3 Å². The van der Waals surface area contributed by atoms with Crippen LogP contribution in [-0.4, -0.2) is 31.8 Å². The number of hydrogen-bond donors (Lipinski definition) is 1. The highest BCUT2D eigenvalue weighted by Crippen LogP contribution is 2.44. The van der Waals surface area contributed by atoms with Crippen molar-refractivity contribution in [2.75, 3.05) is 5.32 Å². The Labute approximate surface area is 189 Å². The summed E-state index contributed by atoms with van der Waals surface area (Å²) in [6, 6.07) is 4.30. The maximum Gasteiger partial charge on any atom is 0.258 e. The van der Waals surface area contributed by atoms with Crippen LogP contribution in [0.3, 0.4) is 0 Å². The summed E-state index contributed by atoms with van der Waals surface area (Å²) in [4.78, 5) is 30.0. The molecule has 172 valence electrons. The molecule has 0 aromatic carbocycles. The van der Waals surface area contributed by atoms with Crippen molar-refractivity contribution in [3.05, 3.63) is 65.9 Å². The van der Waals surface area contributed by atoms with Crippen molar-refractivity contribution in [3.8, 4) is 11.3 Å². The van der Waals surface area contributed by atoms with Gasteiger partial charge >= 0.3 is 0 Å². The molecular weight excluding hydrogens is 431 g/mol. The molecule has 1 saturated carbocycles. The molecule has 3 heterocycles. The number of nitrogens with one attached hydrogen (secondary N) is 1. The van der Waals surface area contributed by atoms with E-state index in [0.29, 0.717) is 17.1 Å². The molecule has 4 rings (SSSR count). The minimum Gasteiger partial charge on any atom is -0.320 e. The van der Waals surface area contributed by atoms with Crippen molar-refractivity contribution in [3.63, 3.8) is 0 Å². The van der Waals surface area contributed by atoms with E-state index >= 15 is 0 Å². The highest BCUT2D eigenvalue weighted by molar-refractivity contribution is 6.06. The Morgan fingerprint density at radius 1 is 1.06 bits per heavy atom. The maximum absolute atomic E-state index is 14.6. The molecule has 6 nitrogen and oxygen atoms in total. The average molecular weight is 455 g/mol. The van der Waals surface area contributed by atoms with Gasteiger partial charge in [-0.2, -0.15) is 0 Å². The minimum absolute atomic E-state index is 0.0454. The van der Waals surface area contributed by atoms with Crippen LogP contribution in [0.4, 0.5) is 18.9 Å². The topological polar surface area (TPSA) is 80.7 Å². The SMILES string of the molecule is CC(C)c1ncc(C(=O)Nc2c(-c3ncccc3F)ccnc2C2CCC(F)(F)CC2)cn1. The van der Waals surface area contributed by atoms with Gasteiger partial charge in [-0.05, 0) is 31.0 Å². The second-order valence-corrected chi connectivity index (χ2v) is 8.52. The first-order chi connectivity index (χ1) is 15.7. The number of alkyl halides is 2. The quantitative estimate of drug-likeness (QED) is 0.531. The summed E-state index contributed by atoms with van der Waals surface area (Å²) in [5.74, 6) is -3.36. The summed E-state index contributed by atoms with van der Waals surface area (Å²) < 4.78 is 42.1. The lowest BCUT2D eigenvalue weighted by Gasteiger charge is -2.29. The zero-order chi connectivity index (χ0) is 23.6. The number of pyridine rings is 2. The van der Waals surface area contributed by atoms with Gasteiger partial charge in [0.1, 0.15) is 17.3 Å². The molecule has 33 heavy (non-hydrogen) atoms. The lowest BCUT2D eigenvalue weighted by Crippen LogP contribution is -2.25. The van der Waals surface area contributed by atoms with Gasteiger partial charge in [0.25, 0.3) is 5.91 Å². The predicted molar refractivity (Wildman–Crippen MR) is 118 cm³/mol. The van der Waals surface area contributed by atoms with Gasteiger partial charge in [-0.3, -0.25) is 14.8 Å². The highest BCUT2D eigenvalue weighted by atomic mass is 19.3. The van der Waals surface area contributed by atoms with Crippen LogP contribution < -0.4 is 5.32 Å². The van der Waals surface area contributed by atoms with Crippen molar-refractivity contribution in [2.24, 2.45) is 0 Å². The molecule has 0 aliphatic heterocycles. The summed E-state index contributed by atoms with van der Waals surface area (Å²) in [5.41, 5.74) is 1.31. The van der Waals surface area contributed by atoms with E-state index in [9.17, 15) is 18.0 Å². The molecule has 0 bridgehead atoms. The number of rotatable bonds is 5. The Bertz CT molecular complexity index is 1140. The number of hydrogen-bond acceptors (Lipinski definition) is 5.